The Bertz CT molecular complexity index is 187. The molecule has 0 bridgehead atoms. The standard InChI is InChI=1S/C2H2F2I2O2S/c3-2(4,1-5)9(6,7)8/h1H2. The molecule has 0 fully saturated rings. The average Bonchev–Trinajstić information content (AvgIpc) is 1.64. The van der Waals surface area contributed by atoms with Crippen LogP contribution in [0.1, 0.15) is 0 Å². The van der Waals surface area contributed by atoms with Crippen molar-refractivity contribution in [1.29, 1.82) is 0 Å². The van der Waals surface area contributed by atoms with Gasteiger partial charge in [0.1, 0.15) is 0 Å². The van der Waals surface area contributed by atoms with Crippen molar-refractivity contribution >= 4 is 50.8 Å². The minimum atomic E-state index is -4.22. The van der Waals surface area contributed by atoms with Crippen LogP contribution in [0.25, 0.3) is 0 Å². The van der Waals surface area contributed by atoms with Crippen LogP contribution in [0.3, 0.4) is 0 Å². The third-order valence-electron chi connectivity index (χ3n) is 0.512. The second kappa shape index (κ2) is 3.11. The molecule has 0 aromatic carbocycles. The topological polar surface area (TPSA) is 34.1 Å². The van der Waals surface area contributed by atoms with E-state index in [1.54, 1.807) is 0 Å². The summed E-state index contributed by atoms with van der Waals surface area (Å²) in [6, 6.07) is 0. The Labute approximate surface area is 77.0 Å². The van der Waals surface area contributed by atoms with E-state index in [1.165, 1.54) is 22.6 Å². The van der Waals surface area contributed by atoms with Crippen LogP contribution < -0.4 is 0 Å². The molecule has 0 N–H and O–H groups in total. The highest BCUT2D eigenvalue weighted by atomic mass is 127. The molecule has 0 unspecified atom stereocenters. The first-order chi connectivity index (χ1) is 3.81. The summed E-state index contributed by atoms with van der Waals surface area (Å²) in [6.07, 6.45) is 0. The molecular weight excluding hydrogens is 380 g/mol. The number of halogens is 4. The van der Waals surface area contributed by atoms with Gasteiger partial charge < -0.3 is 0 Å². The van der Waals surface area contributed by atoms with E-state index in [4.69, 9.17) is 0 Å². The van der Waals surface area contributed by atoms with Gasteiger partial charge in [0.05, 0.1) is 25.6 Å². The van der Waals surface area contributed by atoms with Crippen LogP contribution in [0.15, 0.2) is 0 Å². The van der Waals surface area contributed by atoms with Gasteiger partial charge in [-0.1, -0.05) is 22.6 Å². The van der Waals surface area contributed by atoms with Crippen molar-refractivity contribution in [1.82, 2.24) is 0 Å². The number of hydrogen-bond acceptors (Lipinski definition) is 2. The van der Waals surface area contributed by atoms with Gasteiger partial charge in [0.25, 0.3) is 7.01 Å². The Hall–Kier alpha value is 1.27. The zero-order valence-electron chi connectivity index (χ0n) is 3.94. The molecule has 9 heavy (non-hydrogen) atoms. The van der Waals surface area contributed by atoms with Crippen molar-refractivity contribution in [3.05, 3.63) is 0 Å². The van der Waals surface area contributed by atoms with Crippen molar-refractivity contribution in [3.63, 3.8) is 0 Å². The summed E-state index contributed by atoms with van der Waals surface area (Å²) < 4.78 is 43.6. The molecule has 0 aromatic heterocycles. The first-order valence-electron chi connectivity index (χ1n) is 1.69. The molecule has 0 saturated carbocycles. The zero-order valence-corrected chi connectivity index (χ0v) is 9.08. The van der Waals surface area contributed by atoms with Crippen LogP contribution in [-0.4, -0.2) is 18.1 Å². The Morgan fingerprint density at radius 1 is 1.44 bits per heavy atom. The third-order valence-corrected chi connectivity index (χ3v) is 4.78. The SMILES string of the molecule is O=S(=O)(I)C(F)(F)CI. The Morgan fingerprint density at radius 3 is 1.78 bits per heavy atom. The van der Waals surface area contributed by atoms with Gasteiger partial charge in [0.15, 0.2) is 0 Å². The predicted molar refractivity (Wildman–Crippen MR) is 46.8 cm³/mol. The van der Waals surface area contributed by atoms with E-state index in [1.807, 2.05) is 0 Å². The minimum absolute atomic E-state index is 0.698. The zero-order chi connectivity index (χ0) is 7.71. The molecular formula is C2H2F2I2O2S. The molecule has 0 aliphatic rings. The van der Waals surface area contributed by atoms with Gasteiger partial charge in [-0.3, -0.25) is 0 Å². The smallest absolute Gasteiger partial charge is 0.212 e. The summed E-state index contributed by atoms with van der Waals surface area (Å²) >= 11 is 2.06. The fraction of sp³-hybridized carbons (Fsp3) is 1.00. The Morgan fingerprint density at radius 2 is 1.78 bits per heavy atom. The largest absolute Gasteiger partial charge is 0.363 e. The lowest BCUT2D eigenvalue weighted by Crippen LogP contribution is -2.25. The molecule has 0 rings (SSSR count). The fourth-order valence-corrected chi connectivity index (χ4v) is 3.68. The van der Waals surface area contributed by atoms with Gasteiger partial charge in [-0.25, -0.2) is 8.42 Å². The minimum Gasteiger partial charge on any atom is -0.212 e. The van der Waals surface area contributed by atoms with E-state index in [-0.39, 0.29) is 0 Å². The monoisotopic (exact) mass is 382 g/mol. The molecule has 2 nitrogen and oxygen atoms in total. The second-order valence-corrected chi connectivity index (χ2v) is 6.92. The molecule has 7 heteroatoms. The van der Waals surface area contributed by atoms with Crippen molar-refractivity contribution in [2.75, 3.05) is 4.43 Å². The number of hydrogen-bond donors (Lipinski definition) is 0. The van der Waals surface area contributed by atoms with Crippen molar-refractivity contribution in [2.24, 2.45) is 0 Å². The average molecular weight is 382 g/mol. The van der Waals surface area contributed by atoms with E-state index in [9.17, 15) is 17.2 Å². The Balaban J connectivity index is 4.56. The first kappa shape index (κ1) is 10.3. The quantitative estimate of drug-likeness (QED) is 0.415. The molecule has 0 aromatic rings. The van der Waals surface area contributed by atoms with Crippen LogP contribution in [0.2, 0.25) is 0 Å². The van der Waals surface area contributed by atoms with Crippen LogP contribution in [-0.2, 0) is 7.01 Å². The van der Waals surface area contributed by atoms with Gasteiger partial charge in [-0.15, -0.1) is 0 Å². The summed E-state index contributed by atoms with van der Waals surface area (Å²) in [7, 11) is -4.22. The van der Waals surface area contributed by atoms with E-state index < -0.39 is 16.7 Å². The van der Waals surface area contributed by atoms with E-state index >= 15 is 0 Å². The lowest BCUT2D eigenvalue weighted by molar-refractivity contribution is 0.127. The summed E-state index contributed by atoms with van der Waals surface area (Å²) in [5.41, 5.74) is 0. The molecule has 0 saturated heterocycles. The Kier molecular flexibility index (Phi) is 3.55. The summed E-state index contributed by atoms with van der Waals surface area (Å²) in [6.45, 7) is 0. The molecule has 0 aliphatic heterocycles. The maximum absolute atomic E-state index is 12.1. The van der Waals surface area contributed by atoms with E-state index in [2.05, 4.69) is 0 Å². The highest BCUT2D eigenvalue weighted by Gasteiger charge is 2.41. The van der Waals surface area contributed by atoms with E-state index in [0.717, 1.165) is 21.2 Å². The lowest BCUT2D eigenvalue weighted by atomic mass is 10.9. The fourth-order valence-electron chi connectivity index (χ4n) is 0.0652. The summed E-state index contributed by atoms with van der Waals surface area (Å²) in [4.78, 5) is 0. The number of alkyl halides is 3. The molecule has 0 heterocycles. The van der Waals surface area contributed by atoms with Gasteiger partial charge in [0.2, 0.25) is 0 Å². The van der Waals surface area contributed by atoms with Crippen LogP contribution in [0.4, 0.5) is 8.78 Å². The third kappa shape index (κ3) is 2.78. The van der Waals surface area contributed by atoms with Crippen LogP contribution in [0, 0.1) is 0 Å². The van der Waals surface area contributed by atoms with Crippen molar-refractivity contribution in [3.8, 4) is 0 Å². The molecule has 0 atom stereocenters. The lowest BCUT2D eigenvalue weighted by Gasteiger charge is -2.06. The van der Waals surface area contributed by atoms with Gasteiger partial charge >= 0.3 is 5.25 Å². The summed E-state index contributed by atoms with van der Waals surface area (Å²) in [5, 5.41) is -3.58. The molecule has 0 amide bonds. The molecule has 0 spiro atoms. The summed E-state index contributed by atoms with van der Waals surface area (Å²) in [5.74, 6) is 0. The second-order valence-electron chi connectivity index (χ2n) is 1.21. The van der Waals surface area contributed by atoms with Crippen LogP contribution >= 0.6 is 43.8 Å². The predicted octanol–water partition coefficient (Wildman–Crippen LogP) is 1.78. The molecule has 0 radical (unpaired) electrons. The van der Waals surface area contributed by atoms with Crippen LogP contribution in [0.5, 0.6) is 0 Å². The van der Waals surface area contributed by atoms with Crippen molar-refractivity contribution in [2.45, 2.75) is 5.25 Å². The molecule has 56 valence electrons. The first-order valence-corrected chi connectivity index (χ1v) is 7.24. The highest BCUT2D eigenvalue weighted by Crippen LogP contribution is 2.28. The van der Waals surface area contributed by atoms with E-state index in [0.29, 0.717) is 0 Å². The van der Waals surface area contributed by atoms with Gasteiger partial charge in [0, 0.05) is 0 Å². The van der Waals surface area contributed by atoms with Crippen molar-refractivity contribution < 1.29 is 17.2 Å². The normalized spacial score (nSPS) is 13.8. The van der Waals surface area contributed by atoms with Gasteiger partial charge in [-0.2, -0.15) is 8.78 Å². The maximum Gasteiger partial charge on any atom is 0.363 e. The molecule has 0 aliphatic carbocycles. The maximum atomic E-state index is 12.1. The van der Waals surface area contributed by atoms with Gasteiger partial charge in [-0.05, 0) is 0 Å². The number of rotatable bonds is 2. The highest BCUT2D eigenvalue weighted by molar-refractivity contribution is 14.2.